The molecule has 0 saturated heterocycles. The molecule has 1 nitrogen and oxygen atoms in total. The minimum Gasteiger partial charge on any atom is -0.279 e. The molecule has 0 heterocycles. The second-order valence-electron chi connectivity index (χ2n) is 3.72. The number of rotatable bonds is 1. The fraction of sp³-hybridized carbons (Fsp3) is 0.875. The highest BCUT2D eigenvalue weighted by molar-refractivity contribution is 6.70. The third kappa shape index (κ3) is 1.01. The van der Waals surface area contributed by atoms with E-state index in [2.05, 4.69) is 0 Å². The molecule has 2 fully saturated rings. The Hall–Kier alpha value is 0.250. The van der Waals surface area contributed by atoms with Gasteiger partial charge in [-0.1, -0.05) is 6.42 Å². The first-order chi connectivity index (χ1) is 5.13. The minimum absolute atomic E-state index is 0.341. The fourth-order valence-electron chi connectivity index (χ4n) is 2.50. The summed E-state index contributed by atoms with van der Waals surface area (Å²) in [6, 6.07) is 0. The maximum atomic E-state index is 11.0. The van der Waals surface area contributed by atoms with Crippen LogP contribution in [0.15, 0.2) is 0 Å². The molecule has 0 N–H and O–H groups in total. The number of hydrogen-bond acceptors (Lipinski definition) is 1. The van der Waals surface area contributed by atoms with Crippen molar-refractivity contribution in [3.8, 4) is 0 Å². The van der Waals surface area contributed by atoms with Gasteiger partial charge in [0.2, 0.25) is 5.24 Å². The van der Waals surface area contributed by atoms with Gasteiger partial charge in [-0.3, -0.25) is 4.79 Å². The number of halogens is 2. The van der Waals surface area contributed by atoms with Crippen molar-refractivity contribution < 1.29 is 4.79 Å². The van der Waals surface area contributed by atoms with Crippen molar-refractivity contribution in [2.45, 2.75) is 30.6 Å². The van der Waals surface area contributed by atoms with Gasteiger partial charge in [0.1, 0.15) is 4.87 Å². The van der Waals surface area contributed by atoms with Gasteiger partial charge >= 0.3 is 0 Å². The summed E-state index contributed by atoms with van der Waals surface area (Å²) in [7, 11) is 0. The number of carbonyl (C=O) groups excluding carboxylic acids is 1. The van der Waals surface area contributed by atoms with E-state index in [1.54, 1.807) is 0 Å². The van der Waals surface area contributed by atoms with Crippen LogP contribution in [0.3, 0.4) is 0 Å². The average molecular weight is 193 g/mol. The summed E-state index contributed by atoms with van der Waals surface area (Å²) in [5.74, 6) is 1.03. The Labute approximate surface area is 76.1 Å². The minimum atomic E-state index is -0.690. The summed E-state index contributed by atoms with van der Waals surface area (Å²) >= 11 is 11.6. The summed E-state index contributed by atoms with van der Waals surface area (Å²) in [5, 5.41) is -0.341. The van der Waals surface area contributed by atoms with E-state index in [0.29, 0.717) is 11.8 Å². The molecule has 0 radical (unpaired) electrons. The zero-order valence-electron chi connectivity index (χ0n) is 6.15. The van der Waals surface area contributed by atoms with Crippen LogP contribution in [0.1, 0.15) is 25.7 Å². The molecule has 0 aromatic carbocycles. The topological polar surface area (TPSA) is 17.1 Å². The highest BCUT2D eigenvalue weighted by Crippen LogP contribution is 2.54. The van der Waals surface area contributed by atoms with Crippen molar-refractivity contribution in [1.29, 1.82) is 0 Å². The van der Waals surface area contributed by atoms with Crippen LogP contribution in [-0.4, -0.2) is 10.1 Å². The van der Waals surface area contributed by atoms with Gasteiger partial charge < -0.3 is 0 Å². The lowest BCUT2D eigenvalue weighted by atomic mass is 9.89. The second-order valence-corrected chi connectivity index (χ2v) is 4.73. The molecule has 62 valence electrons. The molecule has 2 bridgehead atoms. The van der Waals surface area contributed by atoms with E-state index >= 15 is 0 Å². The van der Waals surface area contributed by atoms with Gasteiger partial charge in [0.25, 0.3) is 0 Å². The summed E-state index contributed by atoms with van der Waals surface area (Å²) in [6.45, 7) is 0. The van der Waals surface area contributed by atoms with Crippen LogP contribution in [0.4, 0.5) is 0 Å². The highest BCUT2D eigenvalue weighted by atomic mass is 35.5. The zero-order valence-corrected chi connectivity index (χ0v) is 7.66. The molecular formula is C8H10Cl2O. The molecule has 0 aromatic heterocycles. The molecule has 3 atom stereocenters. The van der Waals surface area contributed by atoms with Crippen molar-refractivity contribution in [2.24, 2.45) is 11.8 Å². The van der Waals surface area contributed by atoms with Crippen LogP contribution in [-0.2, 0) is 4.79 Å². The standard InChI is InChI=1S/C8H10Cl2O/c9-7(11)8(10)4-5-1-2-6(8)3-5/h5-6H,1-4H2. The summed E-state index contributed by atoms with van der Waals surface area (Å²) < 4.78 is 0. The van der Waals surface area contributed by atoms with Crippen LogP contribution in [0.25, 0.3) is 0 Å². The number of fused-ring (bicyclic) bond motifs is 2. The smallest absolute Gasteiger partial charge is 0.242 e. The summed E-state index contributed by atoms with van der Waals surface area (Å²) in [6.07, 6.45) is 4.25. The van der Waals surface area contributed by atoms with Crippen LogP contribution < -0.4 is 0 Å². The normalized spacial score (nSPS) is 48.2. The van der Waals surface area contributed by atoms with Gasteiger partial charge in [0.15, 0.2) is 0 Å². The highest BCUT2D eigenvalue weighted by Gasteiger charge is 2.53. The van der Waals surface area contributed by atoms with Gasteiger partial charge in [-0.25, -0.2) is 0 Å². The second kappa shape index (κ2) is 2.37. The quantitative estimate of drug-likeness (QED) is 0.462. The monoisotopic (exact) mass is 192 g/mol. The maximum absolute atomic E-state index is 11.0. The van der Waals surface area contributed by atoms with Gasteiger partial charge in [0, 0.05) is 0 Å². The summed E-state index contributed by atoms with van der Waals surface area (Å²) in [4.78, 5) is 10.3. The molecule has 2 saturated carbocycles. The lowest BCUT2D eigenvalue weighted by Crippen LogP contribution is -2.34. The summed E-state index contributed by atoms with van der Waals surface area (Å²) in [5.41, 5.74) is 0. The first-order valence-electron chi connectivity index (χ1n) is 4.02. The van der Waals surface area contributed by atoms with Crippen LogP contribution in [0, 0.1) is 11.8 Å². The van der Waals surface area contributed by atoms with Crippen molar-refractivity contribution in [3.05, 3.63) is 0 Å². The fourth-order valence-corrected chi connectivity index (χ4v) is 3.15. The first-order valence-corrected chi connectivity index (χ1v) is 4.77. The van der Waals surface area contributed by atoms with Gasteiger partial charge in [0.05, 0.1) is 0 Å². The van der Waals surface area contributed by atoms with Crippen molar-refractivity contribution in [1.82, 2.24) is 0 Å². The number of hydrogen-bond donors (Lipinski definition) is 0. The van der Waals surface area contributed by atoms with Crippen molar-refractivity contribution >= 4 is 28.4 Å². The third-order valence-corrected chi connectivity index (χ3v) is 4.17. The Kier molecular flexibility index (Phi) is 1.69. The molecule has 2 aliphatic rings. The largest absolute Gasteiger partial charge is 0.279 e. The van der Waals surface area contributed by atoms with Crippen LogP contribution >= 0.6 is 23.2 Å². The molecule has 3 heteroatoms. The van der Waals surface area contributed by atoms with E-state index in [4.69, 9.17) is 23.2 Å². The molecule has 11 heavy (non-hydrogen) atoms. The Balaban J connectivity index is 2.23. The predicted octanol–water partition coefficient (Wildman–Crippen LogP) is 2.55. The lowest BCUT2D eigenvalue weighted by molar-refractivity contribution is -0.115. The van der Waals surface area contributed by atoms with E-state index in [9.17, 15) is 4.79 Å². The number of carbonyl (C=O) groups is 1. The first kappa shape index (κ1) is 7.88. The van der Waals surface area contributed by atoms with Crippen LogP contribution in [0.5, 0.6) is 0 Å². The predicted molar refractivity (Wildman–Crippen MR) is 44.9 cm³/mol. The van der Waals surface area contributed by atoms with Crippen molar-refractivity contribution in [2.75, 3.05) is 0 Å². The van der Waals surface area contributed by atoms with E-state index < -0.39 is 4.87 Å². The SMILES string of the molecule is O=C(Cl)C1(Cl)CC2CCC1C2. The van der Waals surface area contributed by atoms with E-state index in [0.717, 1.165) is 19.3 Å². The molecule has 0 amide bonds. The Morgan fingerprint density at radius 1 is 1.45 bits per heavy atom. The van der Waals surface area contributed by atoms with E-state index in [1.807, 2.05) is 0 Å². The molecule has 0 spiro atoms. The van der Waals surface area contributed by atoms with Gasteiger partial charge in [-0.05, 0) is 42.7 Å². The average Bonchev–Trinajstić information content (AvgIpc) is 2.45. The van der Waals surface area contributed by atoms with E-state index in [-0.39, 0.29) is 5.24 Å². The van der Waals surface area contributed by atoms with Gasteiger partial charge in [-0.2, -0.15) is 0 Å². The third-order valence-electron chi connectivity index (χ3n) is 3.10. The Morgan fingerprint density at radius 2 is 2.18 bits per heavy atom. The molecule has 3 unspecified atom stereocenters. The molecule has 0 aromatic rings. The Morgan fingerprint density at radius 3 is 2.45 bits per heavy atom. The molecule has 2 aliphatic carbocycles. The molecule has 0 aliphatic heterocycles. The maximum Gasteiger partial charge on any atom is 0.242 e. The lowest BCUT2D eigenvalue weighted by Gasteiger charge is -2.26. The molecular weight excluding hydrogens is 183 g/mol. The zero-order chi connectivity index (χ0) is 8.06. The van der Waals surface area contributed by atoms with E-state index in [1.165, 1.54) is 6.42 Å². The van der Waals surface area contributed by atoms with Gasteiger partial charge in [-0.15, -0.1) is 11.6 Å². The molecule has 2 rings (SSSR count). The number of alkyl halides is 1. The van der Waals surface area contributed by atoms with Crippen LogP contribution in [0.2, 0.25) is 0 Å². The van der Waals surface area contributed by atoms with Crippen molar-refractivity contribution in [3.63, 3.8) is 0 Å². The Bertz CT molecular complexity index is 204.